The molecule has 0 saturated carbocycles. The quantitative estimate of drug-likeness (QED) is 0.237. The number of hydrogen-bond donors (Lipinski definition) is 3. The van der Waals surface area contributed by atoms with E-state index in [0.717, 1.165) is 18.5 Å². The molecule has 5 N–H and O–H groups in total. The summed E-state index contributed by atoms with van der Waals surface area (Å²) in [6, 6.07) is 6.10. The predicted molar refractivity (Wildman–Crippen MR) is 101 cm³/mol. The number of amidine groups is 1. The lowest BCUT2D eigenvalue weighted by Crippen LogP contribution is -2.23. The van der Waals surface area contributed by atoms with Crippen LogP contribution in [-0.4, -0.2) is 19.4 Å². The molecule has 1 aromatic carbocycles. The second kappa shape index (κ2) is 10.9. The minimum atomic E-state index is 0.403. The van der Waals surface area contributed by atoms with Gasteiger partial charge in [-0.05, 0) is 18.1 Å². The first kappa shape index (κ1) is 19.3. The van der Waals surface area contributed by atoms with Crippen molar-refractivity contribution < 1.29 is 0 Å². The second-order valence-corrected chi connectivity index (χ2v) is 6.06. The molecule has 0 radical (unpaired) electrons. The summed E-state index contributed by atoms with van der Waals surface area (Å²) in [4.78, 5) is 2.21. The second-order valence-electron chi connectivity index (χ2n) is 6.06. The molecule has 0 aliphatic carbocycles. The third kappa shape index (κ3) is 6.48. The Morgan fingerprint density at radius 2 is 1.83 bits per heavy atom. The minimum Gasteiger partial charge on any atom is -0.382 e. The van der Waals surface area contributed by atoms with Gasteiger partial charge in [0.25, 0.3) is 0 Å². The zero-order chi connectivity index (χ0) is 17.1. The average molecular weight is 319 g/mol. The first-order valence-electron chi connectivity index (χ1n) is 8.77. The van der Waals surface area contributed by atoms with Gasteiger partial charge in [0.1, 0.15) is 0 Å². The Morgan fingerprint density at radius 3 is 2.39 bits per heavy atom. The lowest BCUT2D eigenvalue weighted by atomic mass is 10.1. The lowest BCUT2D eigenvalue weighted by molar-refractivity contribution is 0.624. The molecule has 23 heavy (non-hydrogen) atoms. The first-order chi connectivity index (χ1) is 11.1. The van der Waals surface area contributed by atoms with E-state index < -0.39 is 0 Å². The molecule has 0 atom stereocenters. The van der Waals surface area contributed by atoms with Crippen LogP contribution >= 0.6 is 0 Å². The molecule has 0 spiro atoms. The van der Waals surface area contributed by atoms with Crippen molar-refractivity contribution >= 4 is 11.5 Å². The summed E-state index contributed by atoms with van der Waals surface area (Å²) in [5, 5.41) is 3.75. The molecule has 0 fully saturated rings. The van der Waals surface area contributed by atoms with E-state index >= 15 is 0 Å². The Hall–Kier alpha value is -1.75. The van der Waals surface area contributed by atoms with Crippen LogP contribution in [0.2, 0.25) is 0 Å². The molecule has 1 aliphatic heterocycles. The summed E-state index contributed by atoms with van der Waals surface area (Å²) in [6.07, 6.45) is 9.58. The van der Waals surface area contributed by atoms with E-state index in [1.807, 2.05) is 12.1 Å². The maximum atomic E-state index is 5.73. The van der Waals surface area contributed by atoms with Crippen molar-refractivity contribution in [3.63, 3.8) is 0 Å². The van der Waals surface area contributed by atoms with E-state index in [0.29, 0.717) is 5.84 Å². The van der Waals surface area contributed by atoms with Crippen LogP contribution in [0.5, 0.6) is 0 Å². The van der Waals surface area contributed by atoms with Gasteiger partial charge >= 0.3 is 0 Å². The molecule has 0 amide bonds. The zero-order valence-corrected chi connectivity index (χ0v) is 14.9. The number of unbranched alkanes of at least 4 members (excludes halogenated alkanes) is 5. The minimum absolute atomic E-state index is 0.403. The van der Waals surface area contributed by atoms with Gasteiger partial charge in [-0.3, -0.25) is 0 Å². The van der Waals surface area contributed by atoms with Crippen LogP contribution in [0.3, 0.4) is 0 Å². The summed E-state index contributed by atoms with van der Waals surface area (Å²) in [6.45, 7) is 5.57. The van der Waals surface area contributed by atoms with Gasteiger partial charge in [0.05, 0.1) is 0 Å². The molecule has 1 aliphatic rings. The van der Waals surface area contributed by atoms with Gasteiger partial charge < -0.3 is 10.6 Å². The number of hydrazine groups is 1. The van der Waals surface area contributed by atoms with Crippen LogP contribution in [0.4, 0.5) is 5.69 Å². The SMILES string of the molecule is CCCCCCCC.CN1CCc2ccc(/C(N)=N/NN)cc21. The van der Waals surface area contributed by atoms with E-state index in [1.54, 1.807) is 0 Å². The number of fused-ring (bicyclic) bond motifs is 1. The van der Waals surface area contributed by atoms with Gasteiger partial charge in [-0.2, -0.15) is 0 Å². The highest BCUT2D eigenvalue weighted by Crippen LogP contribution is 2.27. The maximum absolute atomic E-state index is 5.73. The van der Waals surface area contributed by atoms with E-state index in [4.69, 9.17) is 11.6 Å². The maximum Gasteiger partial charge on any atom is 0.152 e. The van der Waals surface area contributed by atoms with E-state index in [-0.39, 0.29) is 0 Å². The van der Waals surface area contributed by atoms with Crippen molar-refractivity contribution in [3.8, 4) is 0 Å². The number of anilines is 1. The predicted octanol–water partition coefficient (Wildman–Crippen LogP) is 3.13. The monoisotopic (exact) mass is 319 g/mol. The number of hydrazone groups is 1. The molecule has 0 saturated heterocycles. The van der Waals surface area contributed by atoms with Gasteiger partial charge in [0.2, 0.25) is 0 Å². The van der Waals surface area contributed by atoms with Crippen molar-refractivity contribution in [1.82, 2.24) is 5.53 Å². The number of nitrogens with two attached hydrogens (primary N) is 2. The number of benzene rings is 1. The fourth-order valence-electron chi connectivity index (χ4n) is 2.69. The Kier molecular flexibility index (Phi) is 9.14. The summed E-state index contributed by atoms with van der Waals surface area (Å²) < 4.78 is 0. The van der Waals surface area contributed by atoms with E-state index in [9.17, 15) is 0 Å². The summed E-state index contributed by atoms with van der Waals surface area (Å²) in [5.41, 5.74) is 11.4. The first-order valence-corrected chi connectivity index (χ1v) is 8.77. The number of nitrogens with zero attached hydrogens (tertiary/aromatic N) is 2. The van der Waals surface area contributed by atoms with Gasteiger partial charge in [-0.15, -0.1) is 5.10 Å². The smallest absolute Gasteiger partial charge is 0.152 e. The van der Waals surface area contributed by atoms with Crippen LogP contribution < -0.4 is 22.0 Å². The Balaban J connectivity index is 0.000000284. The van der Waals surface area contributed by atoms with Crippen LogP contribution in [0.25, 0.3) is 0 Å². The topological polar surface area (TPSA) is 79.7 Å². The Labute approximate surface area is 141 Å². The largest absolute Gasteiger partial charge is 0.382 e. The molecule has 0 bridgehead atoms. The van der Waals surface area contributed by atoms with Crippen LogP contribution in [0, 0.1) is 0 Å². The number of nitrogens with one attached hydrogen (secondary N) is 1. The van der Waals surface area contributed by atoms with Gasteiger partial charge in [0.15, 0.2) is 5.84 Å². The molecule has 5 nitrogen and oxygen atoms in total. The highest BCUT2D eigenvalue weighted by molar-refractivity contribution is 5.98. The van der Waals surface area contributed by atoms with Crippen molar-refractivity contribution in [2.75, 3.05) is 18.5 Å². The van der Waals surface area contributed by atoms with Crippen LogP contribution in [-0.2, 0) is 6.42 Å². The van der Waals surface area contributed by atoms with Crippen molar-refractivity contribution in [1.29, 1.82) is 0 Å². The van der Waals surface area contributed by atoms with Gasteiger partial charge in [-0.1, -0.05) is 64.5 Å². The summed E-state index contributed by atoms with van der Waals surface area (Å²) in [5.74, 6) is 5.48. The molecule has 2 rings (SSSR count). The van der Waals surface area contributed by atoms with Crippen molar-refractivity contribution in [2.45, 2.75) is 58.8 Å². The molecule has 5 heteroatoms. The molecule has 1 heterocycles. The van der Waals surface area contributed by atoms with Crippen molar-refractivity contribution in [3.05, 3.63) is 29.3 Å². The normalized spacial score (nSPS) is 13.4. The number of likely N-dealkylation sites (N-methyl/N-ethyl adjacent to an activating group) is 1. The molecule has 1 aromatic rings. The van der Waals surface area contributed by atoms with E-state index in [1.165, 1.54) is 49.8 Å². The highest BCUT2D eigenvalue weighted by Gasteiger charge is 2.16. The van der Waals surface area contributed by atoms with Crippen LogP contribution in [0.1, 0.15) is 63.5 Å². The average Bonchev–Trinajstić information content (AvgIpc) is 2.93. The lowest BCUT2D eigenvalue weighted by Gasteiger charge is -2.12. The number of hydrogen-bond acceptors (Lipinski definition) is 4. The highest BCUT2D eigenvalue weighted by atomic mass is 15.5. The van der Waals surface area contributed by atoms with Crippen molar-refractivity contribution in [2.24, 2.45) is 16.7 Å². The standard InChI is InChI=1S/C10H15N5.C8H18/c1-15-5-4-7-2-3-8(6-9(7)15)10(11)13-14-12;1-3-5-7-8-6-4-2/h2-3,6,14H,4-5,12H2,1H3,(H2,11,13);3-8H2,1-2H3. The van der Waals surface area contributed by atoms with Gasteiger partial charge in [-0.25, -0.2) is 11.4 Å². The van der Waals surface area contributed by atoms with Gasteiger partial charge in [0, 0.05) is 24.8 Å². The zero-order valence-electron chi connectivity index (χ0n) is 14.9. The summed E-state index contributed by atoms with van der Waals surface area (Å²) >= 11 is 0. The molecule has 0 aromatic heterocycles. The summed E-state index contributed by atoms with van der Waals surface area (Å²) in [7, 11) is 2.07. The third-order valence-electron chi connectivity index (χ3n) is 4.15. The molecule has 0 unspecified atom stereocenters. The molecular formula is C18H33N5. The molecule has 130 valence electrons. The van der Waals surface area contributed by atoms with E-state index in [2.05, 4.69) is 42.5 Å². The fourth-order valence-corrected chi connectivity index (χ4v) is 2.69. The Morgan fingerprint density at radius 1 is 1.17 bits per heavy atom. The number of rotatable bonds is 7. The van der Waals surface area contributed by atoms with Crippen LogP contribution in [0.15, 0.2) is 23.3 Å². The third-order valence-corrected chi connectivity index (χ3v) is 4.15. The Bertz CT molecular complexity index is 478. The molecular weight excluding hydrogens is 286 g/mol. The fraction of sp³-hybridized carbons (Fsp3) is 0.611.